The summed E-state index contributed by atoms with van der Waals surface area (Å²) in [6, 6.07) is 16.8. The molecule has 4 aromatic rings. The molecule has 3 aromatic carbocycles. The third kappa shape index (κ3) is 9.99. The molecule has 0 aliphatic heterocycles. The van der Waals surface area contributed by atoms with Crippen LogP contribution in [0, 0.1) is 11.7 Å². The molecule has 11 nitrogen and oxygen atoms in total. The van der Waals surface area contributed by atoms with Gasteiger partial charge in [-0.15, -0.1) is 0 Å². The molecule has 15 heteroatoms. The Labute approximate surface area is 291 Å². The molecule has 51 heavy (non-hydrogen) atoms. The third-order valence-corrected chi connectivity index (χ3v) is 7.64. The SMILES string of the molecule is COc1ccc(C(OC(=O)NCC2CC2)c2ccc(F)c(NC(=O)c3cc(C(F)(F)F)nn3-c3cccc(CNC(=O)OC(C)(C)C)c3)c2)cc1. The van der Waals surface area contributed by atoms with E-state index in [-0.39, 0.29) is 23.5 Å². The normalized spacial score (nSPS) is 13.6. The van der Waals surface area contributed by atoms with Crippen molar-refractivity contribution < 1.29 is 46.2 Å². The van der Waals surface area contributed by atoms with E-state index in [2.05, 4.69) is 21.0 Å². The van der Waals surface area contributed by atoms with Gasteiger partial charge in [0.05, 0.1) is 18.5 Å². The van der Waals surface area contributed by atoms with Crippen molar-refractivity contribution in [1.82, 2.24) is 20.4 Å². The molecule has 1 fully saturated rings. The molecule has 1 unspecified atom stereocenters. The van der Waals surface area contributed by atoms with Crippen molar-refractivity contribution in [3.63, 3.8) is 0 Å². The highest BCUT2D eigenvalue weighted by Gasteiger charge is 2.36. The van der Waals surface area contributed by atoms with E-state index in [0.717, 1.165) is 23.6 Å². The van der Waals surface area contributed by atoms with Gasteiger partial charge in [-0.25, -0.2) is 18.7 Å². The second-order valence-electron chi connectivity index (χ2n) is 12.9. The number of aromatic nitrogens is 2. The summed E-state index contributed by atoms with van der Waals surface area (Å²) in [5.41, 5.74) is -1.71. The fraction of sp³-hybridized carbons (Fsp3) is 0.333. The lowest BCUT2D eigenvalue weighted by atomic mass is 10.0. The first-order chi connectivity index (χ1) is 24.1. The van der Waals surface area contributed by atoms with Gasteiger partial charge in [-0.1, -0.05) is 30.3 Å². The van der Waals surface area contributed by atoms with Crippen molar-refractivity contribution in [2.45, 2.75) is 58.0 Å². The Balaban J connectivity index is 1.43. The number of halogens is 4. The number of hydrogen-bond donors (Lipinski definition) is 3. The van der Waals surface area contributed by atoms with Crippen LogP contribution < -0.4 is 20.7 Å². The molecule has 0 saturated heterocycles. The number of carbonyl (C=O) groups is 3. The lowest BCUT2D eigenvalue weighted by molar-refractivity contribution is -0.141. The van der Waals surface area contributed by atoms with Gasteiger partial charge in [0.15, 0.2) is 11.8 Å². The average molecular weight is 712 g/mol. The van der Waals surface area contributed by atoms with Gasteiger partial charge in [0.1, 0.15) is 22.9 Å². The van der Waals surface area contributed by atoms with Crippen LogP contribution in [0.3, 0.4) is 0 Å². The van der Waals surface area contributed by atoms with Crippen molar-refractivity contribution in [2.24, 2.45) is 5.92 Å². The Morgan fingerprint density at radius 1 is 0.922 bits per heavy atom. The first-order valence-corrected chi connectivity index (χ1v) is 16.0. The summed E-state index contributed by atoms with van der Waals surface area (Å²) in [6.45, 7) is 5.49. The van der Waals surface area contributed by atoms with Crippen LogP contribution in [0.4, 0.5) is 32.8 Å². The van der Waals surface area contributed by atoms with Gasteiger partial charge in [0, 0.05) is 19.2 Å². The van der Waals surface area contributed by atoms with Crippen LogP contribution in [-0.4, -0.2) is 47.1 Å². The standard InChI is InChI=1S/C36H37F4N5O6/c1-35(2,3)51-34(48)42-20-22-6-5-7-25(16-22)45-29(18-30(44-45)36(38,39)40)32(46)43-28-17-24(12-15-27(28)37)31(23-10-13-26(49-4)14-11-23)50-33(47)41-19-21-8-9-21/h5-7,10-18,21,31H,8-9,19-20H2,1-4H3,(H,41,47)(H,42,48)(H,43,46). The Bertz CT molecular complexity index is 1880. The maximum absolute atomic E-state index is 15.2. The fourth-order valence-corrected chi connectivity index (χ4v) is 4.96. The monoisotopic (exact) mass is 711 g/mol. The number of rotatable bonds is 11. The zero-order valence-corrected chi connectivity index (χ0v) is 28.3. The predicted molar refractivity (Wildman–Crippen MR) is 178 cm³/mol. The van der Waals surface area contributed by atoms with E-state index in [9.17, 15) is 27.6 Å². The van der Waals surface area contributed by atoms with Crippen LogP contribution in [0.1, 0.15) is 72.6 Å². The molecule has 5 rings (SSSR count). The second-order valence-corrected chi connectivity index (χ2v) is 12.9. The van der Waals surface area contributed by atoms with Crippen LogP contribution in [0.5, 0.6) is 5.75 Å². The summed E-state index contributed by atoms with van der Waals surface area (Å²) in [7, 11) is 1.49. The highest BCUT2D eigenvalue weighted by Crippen LogP contribution is 2.33. The zero-order chi connectivity index (χ0) is 36.9. The smallest absolute Gasteiger partial charge is 0.435 e. The molecule has 1 aromatic heterocycles. The number of alkyl carbamates (subject to hydrolysis) is 2. The molecule has 1 aliphatic carbocycles. The zero-order valence-electron chi connectivity index (χ0n) is 28.3. The molecule has 3 amide bonds. The van der Waals surface area contributed by atoms with Gasteiger partial charge in [-0.3, -0.25) is 4.79 Å². The van der Waals surface area contributed by atoms with Crippen molar-refractivity contribution in [3.05, 3.63) is 107 Å². The molecular formula is C36H37F4N5O6. The number of ether oxygens (including phenoxy) is 3. The van der Waals surface area contributed by atoms with Crippen LogP contribution in [0.25, 0.3) is 5.69 Å². The maximum Gasteiger partial charge on any atom is 0.435 e. The molecule has 0 spiro atoms. The van der Waals surface area contributed by atoms with E-state index in [1.807, 2.05) is 0 Å². The van der Waals surface area contributed by atoms with Crippen molar-refractivity contribution in [2.75, 3.05) is 19.0 Å². The molecular weight excluding hydrogens is 674 g/mol. The first-order valence-electron chi connectivity index (χ1n) is 16.0. The number of benzene rings is 3. The highest BCUT2D eigenvalue weighted by molar-refractivity contribution is 6.03. The molecule has 3 N–H and O–H groups in total. The van der Waals surface area contributed by atoms with Crippen LogP contribution >= 0.6 is 0 Å². The summed E-state index contributed by atoms with van der Waals surface area (Å²) in [5, 5.41) is 11.3. The largest absolute Gasteiger partial charge is 0.497 e. The topological polar surface area (TPSA) is 133 Å². The molecule has 1 heterocycles. The molecule has 1 saturated carbocycles. The lowest BCUT2D eigenvalue weighted by Crippen LogP contribution is -2.32. The van der Waals surface area contributed by atoms with Gasteiger partial charge in [-0.2, -0.15) is 18.3 Å². The third-order valence-electron chi connectivity index (χ3n) is 7.64. The van der Waals surface area contributed by atoms with E-state index < -0.39 is 53.2 Å². The van der Waals surface area contributed by atoms with Gasteiger partial charge >= 0.3 is 18.4 Å². The predicted octanol–water partition coefficient (Wildman–Crippen LogP) is 7.54. The van der Waals surface area contributed by atoms with Crippen LogP contribution in [-0.2, 0) is 22.2 Å². The number of methoxy groups -OCH3 is 1. The van der Waals surface area contributed by atoms with Gasteiger partial charge < -0.3 is 30.2 Å². The quantitative estimate of drug-likeness (QED) is 0.137. The van der Waals surface area contributed by atoms with Crippen molar-refractivity contribution >= 4 is 23.8 Å². The van der Waals surface area contributed by atoms with E-state index in [1.165, 1.54) is 37.4 Å². The number of hydrogen-bond acceptors (Lipinski definition) is 7. The minimum atomic E-state index is -4.91. The van der Waals surface area contributed by atoms with E-state index in [1.54, 1.807) is 51.1 Å². The van der Waals surface area contributed by atoms with Gasteiger partial charge in [-0.05, 0) is 92.6 Å². The summed E-state index contributed by atoms with van der Waals surface area (Å²) in [4.78, 5) is 38.5. The van der Waals surface area contributed by atoms with Crippen LogP contribution in [0.2, 0.25) is 0 Å². The van der Waals surface area contributed by atoms with E-state index in [4.69, 9.17) is 14.2 Å². The molecule has 0 radical (unpaired) electrons. The number of anilines is 1. The minimum Gasteiger partial charge on any atom is -0.497 e. The van der Waals surface area contributed by atoms with E-state index in [0.29, 0.717) is 35.4 Å². The Kier molecular flexibility index (Phi) is 10.9. The van der Waals surface area contributed by atoms with Crippen LogP contribution in [0.15, 0.2) is 72.8 Å². The van der Waals surface area contributed by atoms with Crippen molar-refractivity contribution in [3.8, 4) is 11.4 Å². The lowest BCUT2D eigenvalue weighted by Gasteiger charge is -2.20. The number of carbonyl (C=O) groups excluding carboxylic acids is 3. The summed E-state index contributed by atoms with van der Waals surface area (Å²) in [6.07, 6.45) is -5.36. The molecule has 0 bridgehead atoms. The summed E-state index contributed by atoms with van der Waals surface area (Å²) in [5.74, 6) is -1.07. The Morgan fingerprint density at radius 3 is 2.27 bits per heavy atom. The fourth-order valence-electron chi connectivity index (χ4n) is 4.96. The molecule has 270 valence electrons. The number of nitrogens with one attached hydrogen (secondary N) is 3. The maximum atomic E-state index is 15.2. The van der Waals surface area contributed by atoms with Crippen molar-refractivity contribution in [1.29, 1.82) is 0 Å². The number of amides is 3. The summed E-state index contributed by atoms with van der Waals surface area (Å²) >= 11 is 0. The number of nitrogens with zero attached hydrogens (tertiary/aromatic N) is 2. The molecule has 1 aliphatic rings. The van der Waals surface area contributed by atoms with E-state index >= 15 is 4.39 Å². The van der Waals surface area contributed by atoms with Gasteiger partial charge in [0.2, 0.25) is 0 Å². The highest BCUT2D eigenvalue weighted by atomic mass is 19.4. The second kappa shape index (κ2) is 15.1. The Hall–Kier alpha value is -5.60. The Morgan fingerprint density at radius 2 is 1.63 bits per heavy atom. The molecule has 1 atom stereocenters. The summed E-state index contributed by atoms with van der Waals surface area (Å²) < 4.78 is 73.7. The number of alkyl halides is 3. The minimum absolute atomic E-state index is 0.0360. The van der Waals surface area contributed by atoms with Gasteiger partial charge in [0.25, 0.3) is 5.91 Å². The first kappa shape index (κ1) is 36.7. The average Bonchev–Trinajstić information content (AvgIpc) is 3.79.